The van der Waals surface area contributed by atoms with Crippen molar-refractivity contribution in [2.75, 3.05) is 27.4 Å². The molecule has 2 aromatic carbocycles. The van der Waals surface area contributed by atoms with Crippen molar-refractivity contribution in [3.63, 3.8) is 0 Å². The molecular weight excluding hydrogens is 410 g/mol. The van der Waals surface area contributed by atoms with E-state index in [0.717, 1.165) is 30.7 Å². The van der Waals surface area contributed by atoms with E-state index in [-0.39, 0.29) is 11.9 Å². The number of amides is 1. The highest BCUT2D eigenvalue weighted by molar-refractivity contribution is 9.10. The van der Waals surface area contributed by atoms with Crippen LogP contribution in [0.15, 0.2) is 40.9 Å². The molecule has 1 amide bonds. The van der Waals surface area contributed by atoms with Gasteiger partial charge in [-0.05, 0) is 65.5 Å². The lowest BCUT2D eigenvalue weighted by atomic mass is 10.0. The van der Waals surface area contributed by atoms with Crippen LogP contribution in [-0.2, 0) is 0 Å². The summed E-state index contributed by atoms with van der Waals surface area (Å²) in [6.07, 6.45) is 1.93. The van der Waals surface area contributed by atoms with E-state index in [9.17, 15) is 4.79 Å². The Morgan fingerprint density at radius 1 is 1.15 bits per heavy atom. The minimum absolute atomic E-state index is 0.0181. The number of carbonyl (C=O) groups excluding carboxylic acids is 1. The van der Waals surface area contributed by atoms with Crippen LogP contribution in [-0.4, -0.2) is 38.2 Å². The van der Waals surface area contributed by atoms with E-state index in [4.69, 9.17) is 14.2 Å². The van der Waals surface area contributed by atoms with Gasteiger partial charge in [0.1, 0.15) is 21.7 Å². The third-order valence-corrected chi connectivity index (χ3v) is 5.56. The Kier molecular flexibility index (Phi) is 6.26. The van der Waals surface area contributed by atoms with E-state index in [2.05, 4.69) is 15.9 Å². The number of hydrogen-bond donors (Lipinski definition) is 0. The second-order valence-electron chi connectivity index (χ2n) is 6.35. The van der Waals surface area contributed by atoms with Gasteiger partial charge in [-0.3, -0.25) is 4.79 Å². The van der Waals surface area contributed by atoms with Gasteiger partial charge in [-0.2, -0.15) is 0 Å². The third-order valence-electron chi connectivity index (χ3n) is 4.78. The average Bonchev–Trinajstić information content (AvgIpc) is 3.18. The summed E-state index contributed by atoms with van der Waals surface area (Å²) in [6.45, 7) is 3.34. The van der Waals surface area contributed by atoms with E-state index in [0.29, 0.717) is 28.1 Å². The highest BCUT2D eigenvalue weighted by atomic mass is 79.9. The van der Waals surface area contributed by atoms with E-state index < -0.39 is 0 Å². The van der Waals surface area contributed by atoms with Crippen LogP contribution in [0.5, 0.6) is 17.2 Å². The van der Waals surface area contributed by atoms with Crippen molar-refractivity contribution in [2.24, 2.45) is 0 Å². The number of ether oxygens (including phenoxy) is 3. The Balaban J connectivity index is 1.87. The minimum Gasteiger partial charge on any atom is -0.495 e. The van der Waals surface area contributed by atoms with Crippen LogP contribution in [0.1, 0.15) is 41.7 Å². The Labute approximate surface area is 168 Å². The molecule has 1 fully saturated rings. The molecule has 0 saturated carbocycles. The summed E-state index contributed by atoms with van der Waals surface area (Å²) in [4.78, 5) is 15.2. The van der Waals surface area contributed by atoms with Crippen molar-refractivity contribution < 1.29 is 19.0 Å². The van der Waals surface area contributed by atoms with Gasteiger partial charge in [-0.15, -0.1) is 0 Å². The smallest absolute Gasteiger partial charge is 0.254 e. The first-order valence-electron chi connectivity index (χ1n) is 9.04. The van der Waals surface area contributed by atoms with Crippen molar-refractivity contribution in [2.45, 2.75) is 25.8 Å². The van der Waals surface area contributed by atoms with Gasteiger partial charge >= 0.3 is 0 Å². The van der Waals surface area contributed by atoms with Crippen LogP contribution in [0.3, 0.4) is 0 Å². The molecule has 1 atom stereocenters. The second-order valence-corrected chi connectivity index (χ2v) is 7.15. The fourth-order valence-electron chi connectivity index (χ4n) is 3.47. The van der Waals surface area contributed by atoms with Gasteiger partial charge in [0, 0.05) is 12.1 Å². The summed E-state index contributed by atoms with van der Waals surface area (Å²) in [5.74, 6) is 1.99. The standard InChI is InChI=1S/C21H24BrNO4/c1-4-27-16-9-7-14(8-10-16)17-6-5-11-23(17)21(24)15-12-18(25-2)20(22)19(13-15)26-3/h7-10,12-13,17H,4-6,11H2,1-3H3. The predicted molar refractivity (Wildman–Crippen MR) is 108 cm³/mol. The summed E-state index contributed by atoms with van der Waals surface area (Å²) >= 11 is 3.45. The SMILES string of the molecule is CCOc1ccc(C2CCCN2C(=O)c2cc(OC)c(Br)c(OC)c2)cc1. The van der Waals surface area contributed by atoms with E-state index in [1.807, 2.05) is 36.1 Å². The summed E-state index contributed by atoms with van der Waals surface area (Å²) < 4.78 is 17.0. The fraction of sp³-hybridized carbons (Fsp3) is 0.381. The molecule has 3 rings (SSSR count). The number of nitrogens with zero attached hydrogens (tertiary/aromatic N) is 1. The van der Waals surface area contributed by atoms with E-state index in [1.165, 1.54) is 0 Å². The summed E-state index contributed by atoms with van der Waals surface area (Å²) in [5.41, 5.74) is 1.69. The molecule has 2 aromatic rings. The first kappa shape index (κ1) is 19.5. The van der Waals surface area contributed by atoms with Crippen LogP contribution in [0, 0.1) is 0 Å². The van der Waals surface area contributed by atoms with Crippen molar-refractivity contribution >= 4 is 21.8 Å². The Morgan fingerprint density at radius 3 is 2.33 bits per heavy atom. The van der Waals surface area contributed by atoms with Crippen molar-refractivity contribution in [3.8, 4) is 17.2 Å². The number of hydrogen-bond acceptors (Lipinski definition) is 4. The van der Waals surface area contributed by atoms with Crippen LogP contribution in [0.4, 0.5) is 0 Å². The van der Waals surface area contributed by atoms with Crippen molar-refractivity contribution in [1.29, 1.82) is 0 Å². The minimum atomic E-state index is -0.0181. The molecule has 1 unspecified atom stereocenters. The molecule has 0 spiro atoms. The lowest BCUT2D eigenvalue weighted by molar-refractivity contribution is 0.0735. The lowest BCUT2D eigenvalue weighted by Gasteiger charge is -2.26. The molecule has 27 heavy (non-hydrogen) atoms. The summed E-state index contributed by atoms with van der Waals surface area (Å²) in [6, 6.07) is 11.6. The first-order valence-corrected chi connectivity index (χ1v) is 9.83. The molecule has 0 aliphatic carbocycles. The van der Waals surface area contributed by atoms with Gasteiger partial charge in [0.2, 0.25) is 0 Å². The maximum atomic E-state index is 13.2. The van der Waals surface area contributed by atoms with Gasteiger partial charge in [0.15, 0.2) is 0 Å². The molecule has 0 N–H and O–H groups in total. The van der Waals surface area contributed by atoms with Crippen molar-refractivity contribution in [3.05, 3.63) is 52.0 Å². The number of likely N-dealkylation sites (tertiary alicyclic amines) is 1. The second kappa shape index (κ2) is 8.65. The van der Waals surface area contributed by atoms with Crippen molar-refractivity contribution in [1.82, 2.24) is 4.90 Å². The Hall–Kier alpha value is -2.21. The molecule has 1 aliphatic rings. The summed E-state index contributed by atoms with van der Waals surface area (Å²) in [7, 11) is 3.15. The molecule has 1 aliphatic heterocycles. The highest BCUT2D eigenvalue weighted by Gasteiger charge is 2.31. The molecule has 0 aromatic heterocycles. The average molecular weight is 434 g/mol. The monoisotopic (exact) mass is 433 g/mol. The topological polar surface area (TPSA) is 48.0 Å². The number of rotatable bonds is 6. The number of benzene rings is 2. The zero-order valence-corrected chi connectivity index (χ0v) is 17.4. The summed E-state index contributed by atoms with van der Waals surface area (Å²) in [5, 5.41) is 0. The van der Waals surface area contributed by atoms with Gasteiger partial charge in [-0.25, -0.2) is 0 Å². The molecule has 0 radical (unpaired) electrons. The van der Waals surface area contributed by atoms with Crippen LogP contribution >= 0.6 is 15.9 Å². The van der Waals surface area contributed by atoms with Gasteiger partial charge in [-0.1, -0.05) is 12.1 Å². The number of methoxy groups -OCH3 is 2. The zero-order valence-electron chi connectivity index (χ0n) is 15.8. The molecular formula is C21H24BrNO4. The molecule has 5 nitrogen and oxygen atoms in total. The fourth-order valence-corrected chi connectivity index (χ4v) is 4.02. The van der Waals surface area contributed by atoms with Gasteiger partial charge < -0.3 is 19.1 Å². The quantitative estimate of drug-likeness (QED) is 0.653. The maximum Gasteiger partial charge on any atom is 0.254 e. The van der Waals surface area contributed by atoms with Crippen LogP contribution in [0.2, 0.25) is 0 Å². The van der Waals surface area contributed by atoms with Gasteiger partial charge in [0.05, 0.1) is 26.9 Å². The normalized spacial score (nSPS) is 16.3. The molecule has 6 heteroatoms. The molecule has 144 valence electrons. The highest BCUT2D eigenvalue weighted by Crippen LogP contribution is 2.38. The van der Waals surface area contributed by atoms with Crippen LogP contribution in [0.25, 0.3) is 0 Å². The molecule has 0 bridgehead atoms. The maximum absolute atomic E-state index is 13.2. The molecule has 1 heterocycles. The van der Waals surface area contributed by atoms with Crippen LogP contribution < -0.4 is 14.2 Å². The van der Waals surface area contributed by atoms with E-state index in [1.54, 1.807) is 26.4 Å². The molecule has 1 saturated heterocycles. The predicted octanol–water partition coefficient (Wildman–Crippen LogP) is 4.84. The number of carbonyl (C=O) groups is 1. The van der Waals surface area contributed by atoms with E-state index >= 15 is 0 Å². The Bertz CT molecular complexity index is 781. The zero-order chi connectivity index (χ0) is 19.4. The largest absolute Gasteiger partial charge is 0.495 e. The van der Waals surface area contributed by atoms with Gasteiger partial charge in [0.25, 0.3) is 5.91 Å². The first-order chi connectivity index (χ1) is 13.1. The third kappa shape index (κ3) is 4.05. The lowest BCUT2D eigenvalue weighted by Crippen LogP contribution is -2.30. The number of halogens is 1. The Morgan fingerprint density at radius 2 is 1.78 bits per heavy atom.